The van der Waals surface area contributed by atoms with Gasteiger partial charge in [0.1, 0.15) is 4.90 Å². The van der Waals surface area contributed by atoms with E-state index in [1.165, 1.54) is 10.9 Å². The fraction of sp³-hybridized carbons (Fsp3) is 0.667. The zero-order chi connectivity index (χ0) is 14.7. The molecule has 0 aliphatic carbocycles. The monoisotopic (exact) mass is 319 g/mol. The Kier molecular flexibility index (Phi) is 5.22. The van der Waals surface area contributed by atoms with Crippen LogP contribution >= 0.6 is 11.6 Å². The molecule has 0 spiro atoms. The number of hydrogen-bond donors (Lipinski definition) is 0. The van der Waals surface area contributed by atoms with Crippen molar-refractivity contribution in [2.24, 2.45) is 0 Å². The number of aromatic nitrogens is 2. The van der Waals surface area contributed by atoms with Gasteiger partial charge in [-0.25, -0.2) is 12.7 Å². The van der Waals surface area contributed by atoms with Gasteiger partial charge in [0.05, 0.1) is 19.2 Å². The van der Waals surface area contributed by atoms with E-state index in [1.807, 2.05) is 0 Å². The van der Waals surface area contributed by atoms with Gasteiger partial charge in [0.15, 0.2) is 0 Å². The van der Waals surface area contributed by atoms with Gasteiger partial charge in [-0.05, 0) is 0 Å². The zero-order valence-electron chi connectivity index (χ0n) is 10.1. The van der Waals surface area contributed by atoms with Crippen LogP contribution in [0.5, 0.6) is 0 Å². The fourth-order valence-corrected chi connectivity index (χ4v) is 2.57. The molecule has 0 aliphatic heterocycles. The van der Waals surface area contributed by atoms with Crippen molar-refractivity contribution in [1.29, 1.82) is 0 Å². The Labute approximate surface area is 114 Å². The Morgan fingerprint density at radius 2 is 2.11 bits per heavy atom. The number of hydrogen-bond acceptors (Lipinski definition) is 3. The van der Waals surface area contributed by atoms with Crippen molar-refractivity contribution in [3.05, 3.63) is 12.4 Å². The minimum atomic E-state index is -4.40. The molecule has 0 aromatic carbocycles. The molecule has 1 heterocycles. The maximum atomic E-state index is 12.1. The maximum Gasteiger partial charge on any atom is 0.390 e. The van der Waals surface area contributed by atoms with Gasteiger partial charge in [-0.3, -0.25) is 4.68 Å². The molecule has 0 atom stereocenters. The molecule has 19 heavy (non-hydrogen) atoms. The molecule has 0 radical (unpaired) electrons. The zero-order valence-corrected chi connectivity index (χ0v) is 11.6. The highest BCUT2D eigenvalue weighted by molar-refractivity contribution is 7.89. The first-order chi connectivity index (χ1) is 8.66. The van der Waals surface area contributed by atoms with Gasteiger partial charge in [0, 0.05) is 25.7 Å². The van der Waals surface area contributed by atoms with Crippen molar-refractivity contribution < 1.29 is 21.6 Å². The highest BCUT2D eigenvalue weighted by Crippen LogP contribution is 2.21. The Morgan fingerprint density at radius 3 is 2.63 bits per heavy atom. The standard InChI is InChI=1S/C9H13ClF3N3O2S/c1-15(4-2-9(11,12)13)19(17,18)8-6-14-16(7-8)5-3-10/h6-7H,2-5H2,1H3. The molecule has 10 heteroatoms. The third-order valence-corrected chi connectivity index (χ3v) is 4.32. The largest absolute Gasteiger partial charge is 0.390 e. The van der Waals surface area contributed by atoms with Crippen molar-refractivity contribution in [2.45, 2.75) is 24.0 Å². The molecule has 0 saturated carbocycles. The number of rotatable bonds is 6. The minimum Gasteiger partial charge on any atom is -0.270 e. The summed E-state index contributed by atoms with van der Waals surface area (Å²) in [4.78, 5) is -0.151. The predicted octanol–water partition coefficient (Wildman–Crippen LogP) is 1.69. The summed E-state index contributed by atoms with van der Waals surface area (Å²) in [6.45, 7) is -0.310. The van der Waals surface area contributed by atoms with Gasteiger partial charge < -0.3 is 0 Å². The summed E-state index contributed by atoms with van der Waals surface area (Å²) in [6, 6.07) is 0. The van der Waals surface area contributed by atoms with Crippen LogP contribution in [0.4, 0.5) is 13.2 Å². The van der Waals surface area contributed by atoms with Crippen LogP contribution in [0.3, 0.4) is 0 Å². The Bertz CT molecular complexity index is 515. The van der Waals surface area contributed by atoms with Crippen LogP contribution in [0.25, 0.3) is 0 Å². The lowest BCUT2D eigenvalue weighted by molar-refractivity contribution is -0.135. The summed E-state index contributed by atoms with van der Waals surface area (Å²) in [5.41, 5.74) is 0. The van der Waals surface area contributed by atoms with Crippen molar-refractivity contribution in [1.82, 2.24) is 14.1 Å². The Morgan fingerprint density at radius 1 is 1.47 bits per heavy atom. The molecule has 0 aliphatic rings. The molecular formula is C9H13ClF3N3O2S. The smallest absolute Gasteiger partial charge is 0.270 e. The summed E-state index contributed by atoms with van der Waals surface area (Å²) in [6.07, 6.45) is -3.26. The number of nitrogens with zero attached hydrogens (tertiary/aromatic N) is 3. The van der Waals surface area contributed by atoms with Gasteiger partial charge in [-0.15, -0.1) is 11.6 Å². The van der Waals surface area contributed by atoms with Crippen LogP contribution in [0.1, 0.15) is 6.42 Å². The van der Waals surface area contributed by atoms with Gasteiger partial charge >= 0.3 is 6.18 Å². The second-order valence-corrected chi connectivity index (χ2v) is 6.24. The topological polar surface area (TPSA) is 55.2 Å². The van der Waals surface area contributed by atoms with E-state index in [2.05, 4.69) is 5.10 Å². The van der Waals surface area contributed by atoms with Crippen molar-refractivity contribution >= 4 is 21.6 Å². The molecule has 0 saturated heterocycles. The average molecular weight is 320 g/mol. The minimum absolute atomic E-state index is 0.151. The van der Waals surface area contributed by atoms with E-state index in [-0.39, 0.29) is 10.8 Å². The summed E-state index contributed by atoms with van der Waals surface area (Å²) in [7, 11) is -2.85. The van der Waals surface area contributed by atoms with E-state index in [1.54, 1.807) is 0 Å². The summed E-state index contributed by atoms with van der Waals surface area (Å²) < 4.78 is 62.0. The quantitative estimate of drug-likeness (QED) is 0.750. The summed E-state index contributed by atoms with van der Waals surface area (Å²) in [5.74, 6) is 0.255. The lowest BCUT2D eigenvalue weighted by Crippen LogP contribution is -2.30. The summed E-state index contributed by atoms with van der Waals surface area (Å²) in [5, 5.41) is 3.77. The first-order valence-corrected chi connectivity index (χ1v) is 7.26. The molecule has 0 amide bonds. The van der Waals surface area contributed by atoms with Crippen molar-refractivity contribution in [3.8, 4) is 0 Å². The molecule has 5 nitrogen and oxygen atoms in total. The molecule has 0 N–H and O–H groups in total. The van der Waals surface area contributed by atoms with Crippen LogP contribution < -0.4 is 0 Å². The van der Waals surface area contributed by atoms with E-state index in [0.717, 1.165) is 13.2 Å². The third-order valence-electron chi connectivity index (χ3n) is 2.34. The van der Waals surface area contributed by atoms with Crippen molar-refractivity contribution in [2.75, 3.05) is 19.5 Å². The van der Waals surface area contributed by atoms with Gasteiger partial charge in [-0.2, -0.15) is 18.3 Å². The van der Waals surface area contributed by atoms with Gasteiger partial charge in [0.25, 0.3) is 0 Å². The summed E-state index contributed by atoms with van der Waals surface area (Å²) >= 11 is 5.48. The first kappa shape index (κ1) is 16.3. The van der Waals surface area contributed by atoms with E-state index in [4.69, 9.17) is 11.6 Å². The Balaban J connectivity index is 2.78. The first-order valence-electron chi connectivity index (χ1n) is 5.28. The van der Waals surface area contributed by atoms with Crippen LogP contribution in [-0.2, 0) is 16.6 Å². The molecular weight excluding hydrogens is 307 g/mol. The predicted molar refractivity (Wildman–Crippen MR) is 63.4 cm³/mol. The lowest BCUT2D eigenvalue weighted by atomic mass is 10.4. The number of alkyl halides is 4. The molecule has 0 fully saturated rings. The van der Waals surface area contributed by atoms with E-state index in [0.29, 0.717) is 10.8 Å². The number of halogens is 4. The molecule has 110 valence electrons. The average Bonchev–Trinajstić information content (AvgIpc) is 2.74. The van der Waals surface area contributed by atoms with Crippen LogP contribution in [0, 0.1) is 0 Å². The van der Waals surface area contributed by atoms with Gasteiger partial charge in [-0.1, -0.05) is 0 Å². The maximum absolute atomic E-state index is 12.1. The molecule has 1 rings (SSSR count). The second kappa shape index (κ2) is 6.10. The number of aryl methyl sites for hydroxylation is 1. The van der Waals surface area contributed by atoms with E-state index >= 15 is 0 Å². The normalized spacial score (nSPS) is 13.2. The van der Waals surface area contributed by atoms with Crippen LogP contribution in [-0.4, -0.2) is 48.2 Å². The van der Waals surface area contributed by atoms with E-state index < -0.39 is 29.2 Å². The Hall–Kier alpha value is -0.800. The molecule has 1 aromatic heterocycles. The number of sulfonamides is 1. The van der Waals surface area contributed by atoms with Crippen LogP contribution in [0.15, 0.2) is 17.3 Å². The van der Waals surface area contributed by atoms with Crippen LogP contribution in [0.2, 0.25) is 0 Å². The molecule has 0 unspecified atom stereocenters. The lowest BCUT2D eigenvalue weighted by Gasteiger charge is -2.16. The highest BCUT2D eigenvalue weighted by atomic mass is 35.5. The molecule has 0 bridgehead atoms. The van der Waals surface area contributed by atoms with Gasteiger partial charge in [0.2, 0.25) is 10.0 Å². The highest BCUT2D eigenvalue weighted by Gasteiger charge is 2.30. The fourth-order valence-electron chi connectivity index (χ4n) is 1.27. The van der Waals surface area contributed by atoms with Crippen molar-refractivity contribution in [3.63, 3.8) is 0 Å². The second-order valence-electron chi connectivity index (χ2n) is 3.82. The van der Waals surface area contributed by atoms with E-state index in [9.17, 15) is 21.6 Å². The third kappa shape index (κ3) is 4.66. The SMILES string of the molecule is CN(CCC(F)(F)F)S(=O)(=O)c1cnn(CCCl)c1. The molecule has 1 aromatic rings.